The average molecular weight is 358 g/mol. The Kier molecular flexibility index (Phi) is 12.9. The Morgan fingerprint density at radius 3 is 1.69 bits per heavy atom. The number of nitrogens with one attached hydrogen (secondary N) is 1. The van der Waals surface area contributed by atoms with Crippen LogP contribution in [-0.4, -0.2) is 18.4 Å². The summed E-state index contributed by atoms with van der Waals surface area (Å²) in [6, 6.07) is 0.492. The normalized spacial score (nSPS) is 20.9. The lowest BCUT2D eigenvalue weighted by Gasteiger charge is -2.16. The van der Waals surface area contributed by atoms with Gasteiger partial charge < -0.3 is 4.74 Å². The van der Waals surface area contributed by atoms with E-state index in [0.717, 1.165) is 51.6 Å². The van der Waals surface area contributed by atoms with Gasteiger partial charge in [0.25, 0.3) is 0 Å². The van der Waals surface area contributed by atoms with Gasteiger partial charge in [-0.05, 0) is 65.2 Å². The lowest BCUT2D eigenvalue weighted by atomic mass is 10.1. The quantitative estimate of drug-likeness (QED) is 0.202. The molecule has 1 N–H and O–H groups in total. The van der Waals surface area contributed by atoms with Gasteiger partial charge in [-0.1, -0.05) is 67.7 Å². The molecule has 146 valence electrons. The first-order chi connectivity index (χ1) is 12.7. The molecule has 2 heteroatoms. The zero-order chi connectivity index (χ0) is 18.9. The summed E-state index contributed by atoms with van der Waals surface area (Å²) in [5, 5.41) is 3.51. The number of allylic oxidation sites excluding steroid dienone is 10. The van der Waals surface area contributed by atoms with Crippen LogP contribution in [0.15, 0.2) is 60.8 Å². The Morgan fingerprint density at radius 1 is 0.808 bits per heavy atom. The first kappa shape index (κ1) is 22.7. The van der Waals surface area contributed by atoms with Crippen LogP contribution in [0.25, 0.3) is 0 Å². The molecule has 1 aliphatic rings. The van der Waals surface area contributed by atoms with Gasteiger partial charge in [0.1, 0.15) is 5.72 Å². The van der Waals surface area contributed by atoms with E-state index in [9.17, 15) is 0 Å². The van der Waals surface area contributed by atoms with Gasteiger partial charge in [0.05, 0.1) is 6.61 Å². The highest BCUT2D eigenvalue weighted by Crippen LogP contribution is 2.30. The molecule has 1 unspecified atom stereocenters. The van der Waals surface area contributed by atoms with Crippen LogP contribution >= 0.6 is 0 Å². The SMILES string of the molecule is CC/C=C\C/C=C\C/C=C\C/C=C\C/C=C\CCCC1(NC(C)C)CO1. The largest absolute Gasteiger partial charge is 0.354 e. The number of unbranched alkanes of at least 4 members (excludes halogenated alkanes) is 1. The van der Waals surface area contributed by atoms with E-state index in [-0.39, 0.29) is 5.72 Å². The van der Waals surface area contributed by atoms with Crippen molar-refractivity contribution in [2.24, 2.45) is 0 Å². The monoisotopic (exact) mass is 357 g/mol. The fraction of sp³-hybridized carbons (Fsp3) is 0.583. The number of epoxide rings is 1. The van der Waals surface area contributed by atoms with Crippen molar-refractivity contribution in [3.8, 4) is 0 Å². The lowest BCUT2D eigenvalue weighted by Crippen LogP contribution is -2.38. The molecule has 0 aromatic heterocycles. The topological polar surface area (TPSA) is 24.6 Å². The van der Waals surface area contributed by atoms with Crippen LogP contribution in [0.1, 0.15) is 72.1 Å². The Bertz CT molecular complexity index is 478. The van der Waals surface area contributed by atoms with Crippen LogP contribution in [0, 0.1) is 0 Å². The third-order valence-electron chi connectivity index (χ3n) is 4.15. The Labute approximate surface area is 161 Å². The lowest BCUT2D eigenvalue weighted by molar-refractivity contribution is 0.224. The van der Waals surface area contributed by atoms with Crippen molar-refractivity contribution in [2.45, 2.75) is 83.9 Å². The van der Waals surface area contributed by atoms with Crippen molar-refractivity contribution >= 4 is 0 Å². The van der Waals surface area contributed by atoms with Crippen molar-refractivity contribution in [2.75, 3.05) is 6.61 Å². The highest BCUT2D eigenvalue weighted by molar-refractivity contribution is 5.00. The fourth-order valence-corrected chi connectivity index (χ4v) is 2.79. The Hall–Kier alpha value is -1.38. The van der Waals surface area contributed by atoms with E-state index in [0.29, 0.717) is 6.04 Å². The van der Waals surface area contributed by atoms with Crippen LogP contribution in [0.3, 0.4) is 0 Å². The molecule has 1 heterocycles. The van der Waals surface area contributed by atoms with Gasteiger partial charge in [-0.25, -0.2) is 0 Å². The smallest absolute Gasteiger partial charge is 0.143 e. The number of hydrogen-bond donors (Lipinski definition) is 1. The molecule has 1 atom stereocenters. The zero-order valence-electron chi connectivity index (χ0n) is 17.1. The number of rotatable bonds is 15. The minimum atomic E-state index is -0.00433. The summed E-state index contributed by atoms with van der Waals surface area (Å²) >= 11 is 0. The van der Waals surface area contributed by atoms with Gasteiger partial charge in [0, 0.05) is 6.04 Å². The molecule has 0 bridgehead atoms. The first-order valence-electron chi connectivity index (χ1n) is 10.3. The third kappa shape index (κ3) is 12.9. The van der Waals surface area contributed by atoms with Crippen LogP contribution in [-0.2, 0) is 4.74 Å². The maximum absolute atomic E-state index is 5.58. The Balaban J connectivity index is 1.94. The number of ether oxygens (including phenoxy) is 1. The molecular formula is C24H39NO. The van der Waals surface area contributed by atoms with Crippen molar-refractivity contribution in [1.82, 2.24) is 5.32 Å². The van der Waals surface area contributed by atoms with Gasteiger partial charge in [-0.3, -0.25) is 5.32 Å². The first-order valence-corrected chi connectivity index (χ1v) is 10.3. The molecule has 0 saturated carbocycles. The molecule has 0 aromatic carbocycles. The molecule has 1 fully saturated rings. The summed E-state index contributed by atoms with van der Waals surface area (Å²) in [6.07, 6.45) is 31.1. The van der Waals surface area contributed by atoms with Crippen LogP contribution < -0.4 is 5.32 Å². The van der Waals surface area contributed by atoms with E-state index in [1.54, 1.807) is 0 Å². The zero-order valence-corrected chi connectivity index (χ0v) is 17.1. The summed E-state index contributed by atoms with van der Waals surface area (Å²) in [6.45, 7) is 7.38. The van der Waals surface area contributed by atoms with Gasteiger partial charge >= 0.3 is 0 Å². The summed E-state index contributed by atoms with van der Waals surface area (Å²) in [4.78, 5) is 0. The molecule has 0 radical (unpaired) electrons. The molecule has 0 spiro atoms. The molecule has 0 aromatic rings. The van der Waals surface area contributed by atoms with E-state index < -0.39 is 0 Å². The fourth-order valence-electron chi connectivity index (χ4n) is 2.79. The standard InChI is InChI=1S/C24H39NO/c1-4-5-6-7-8-9-10-11-12-13-14-15-16-17-18-19-20-21-24(22-26-24)25-23(2)3/h5-6,8-9,11-12,14-15,17-18,23,25H,4,7,10,13,16,19-22H2,1-3H3/b6-5-,9-8-,12-11-,15-14-,18-17-. The van der Waals surface area contributed by atoms with Gasteiger partial charge in [-0.15, -0.1) is 0 Å². The highest BCUT2D eigenvalue weighted by Gasteiger charge is 2.43. The maximum Gasteiger partial charge on any atom is 0.143 e. The predicted octanol–water partition coefficient (Wildman–Crippen LogP) is 6.63. The van der Waals surface area contributed by atoms with Crippen molar-refractivity contribution in [1.29, 1.82) is 0 Å². The van der Waals surface area contributed by atoms with E-state index in [4.69, 9.17) is 4.74 Å². The average Bonchev–Trinajstić information content (AvgIpc) is 3.36. The van der Waals surface area contributed by atoms with E-state index in [1.807, 2.05) is 0 Å². The van der Waals surface area contributed by atoms with E-state index in [2.05, 4.69) is 86.8 Å². The predicted molar refractivity (Wildman–Crippen MR) is 115 cm³/mol. The molecule has 1 rings (SSSR count). The van der Waals surface area contributed by atoms with Gasteiger partial charge in [-0.2, -0.15) is 0 Å². The summed E-state index contributed by atoms with van der Waals surface area (Å²) in [5.41, 5.74) is -0.00433. The van der Waals surface area contributed by atoms with Crippen molar-refractivity contribution < 1.29 is 4.74 Å². The van der Waals surface area contributed by atoms with E-state index >= 15 is 0 Å². The Morgan fingerprint density at radius 2 is 1.27 bits per heavy atom. The van der Waals surface area contributed by atoms with E-state index in [1.165, 1.54) is 6.42 Å². The molecule has 26 heavy (non-hydrogen) atoms. The minimum absolute atomic E-state index is 0.00433. The molecule has 0 amide bonds. The molecule has 1 aliphatic heterocycles. The highest BCUT2D eigenvalue weighted by atomic mass is 16.6. The van der Waals surface area contributed by atoms with Gasteiger partial charge in [0.2, 0.25) is 0 Å². The minimum Gasteiger partial charge on any atom is -0.354 e. The molecular weight excluding hydrogens is 318 g/mol. The second-order valence-electron chi connectivity index (χ2n) is 7.18. The van der Waals surface area contributed by atoms with Crippen molar-refractivity contribution in [3.63, 3.8) is 0 Å². The van der Waals surface area contributed by atoms with Crippen LogP contribution in [0.2, 0.25) is 0 Å². The molecule has 0 aliphatic carbocycles. The molecule has 1 saturated heterocycles. The summed E-state index contributed by atoms with van der Waals surface area (Å²) in [5.74, 6) is 0. The second-order valence-corrected chi connectivity index (χ2v) is 7.18. The van der Waals surface area contributed by atoms with Gasteiger partial charge in [0.15, 0.2) is 0 Å². The molecule has 2 nitrogen and oxygen atoms in total. The van der Waals surface area contributed by atoms with Crippen LogP contribution in [0.4, 0.5) is 0 Å². The van der Waals surface area contributed by atoms with Crippen molar-refractivity contribution in [3.05, 3.63) is 60.8 Å². The number of hydrogen-bond acceptors (Lipinski definition) is 2. The van der Waals surface area contributed by atoms with Crippen LogP contribution in [0.5, 0.6) is 0 Å². The maximum atomic E-state index is 5.58. The second kappa shape index (κ2) is 14.8. The summed E-state index contributed by atoms with van der Waals surface area (Å²) < 4.78 is 5.58. The summed E-state index contributed by atoms with van der Waals surface area (Å²) in [7, 11) is 0. The third-order valence-corrected chi connectivity index (χ3v) is 4.15.